The second-order valence-corrected chi connectivity index (χ2v) is 9.55. The zero-order valence-corrected chi connectivity index (χ0v) is 17.6. The van der Waals surface area contributed by atoms with Crippen molar-refractivity contribution < 1.29 is 17.9 Å². The Balaban J connectivity index is 1.83. The first kappa shape index (κ1) is 19.7. The van der Waals surface area contributed by atoms with Gasteiger partial charge in [-0.2, -0.15) is 5.10 Å². The fourth-order valence-electron chi connectivity index (χ4n) is 2.73. The second kappa shape index (κ2) is 7.65. The van der Waals surface area contributed by atoms with Crippen molar-refractivity contribution in [2.75, 3.05) is 4.72 Å². The maximum Gasteiger partial charge on any atom is 0.262 e. The van der Waals surface area contributed by atoms with Crippen molar-refractivity contribution in [1.82, 2.24) is 15.2 Å². The number of aromatic nitrogens is 3. The molecule has 29 heavy (non-hydrogen) atoms. The summed E-state index contributed by atoms with van der Waals surface area (Å²) in [6.45, 7) is 0. The number of aromatic hydroxyl groups is 1. The van der Waals surface area contributed by atoms with E-state index in [1.165, 1.54) is 24.5 Å². The number of phenols is 1. The molecular formula is C18H12BrFN4O3S2. The molecule has 0 aliphatic heterocycles. The lowest BCUT2D eigenvalue weighted by atomic mass is 10.1. The second-order valence-electron chi connectivity index (χ2n) is 5.92. The molecule has 3 aromatic carbocycles. The first-order chi connectivity index (χ1) is 13.8. The van der Waals surface area contributed by atoms with Crippen molar-refractivity contribution in [1.29, 1.82) is 0 Å². The van der Waals surface area contributed by atoms with Gasteiger partial charge < -0.3 is 5.11 Å². The molecule has 0 aliphatic carbocycles. The van der Waals surface area contributed by atoms with Gasteiger partial charge in [0.1, 0.15) is 17.9 Å². The highest BCUT2D eigenvalue weighted by molar-refractivity contribution is 9.10. The van der Waals surface area contributed by atoms with Gasteiger partial charge in [-0.05, 0) is 36.0 Å². The number of rotatable bonds is 5. The number of hydrogen-bond acceptors (Lipinski definition) is 6. The van der Waals surface area contributed by atoms with Gasteiger partial charge in [-0.15, -0.1) is 0 Å². The highest BCUT2D eigenvalue weighted by Gasteiger charge is 2.20. The SMILES string of the molecule is O=S(=O)(Nc1cc(Sc2ncn[nH]2)c(O)c2ccccc12)c1cc(F)cc(Br)c1. The highest BCUT2D eigenvalue weighted by atomic mass is 79.9. The first-order valence-corrected chi connectivity index (χ1v) is 11.2. The number of aromatic amines is 1. The molecule has 7 nitrogen and oxygen atoms in total. The molecule has 0 atom stereocenters. The first-order valence-electron chi connectivity index (χ1n) is 8.10. The van der Waals surface area contributed by atoms with E-state index < -0.39 is 15.8 Å². The Morgan fingerprint density at radius 2 is 1.90 bits per heavy atom. The Hall–Kier alpha value is -2.63. The van der Waals surface area contributed by atoms with E-state index in [2.05, 4.69) is 35.8 Å². The van der Waals surface area contributed by atoms with E-state index in [0.717, 1.165) is 17.8 Å². The summed E-state index contributed by atoms with van der Waals surface area (Å²) in [6, 6.07) is 11.7. The van der Waals surface area contributed by atoms with Gasteiger partial charge in [0, 0.05) is 15.2 Å². The number of anilines is 1. The van der Waals surface area contributed by atoms with Crippen molar-refractivity contribution in [3.63, 3.8) is 0 Å². The fraction of sp³-hybridized carbons (Fsp3) is 0. The molecule has 4 aromatic rings. The van der Waals surface area contributed by atoms with Gasteiger partial charge in [0.2, 0.25) is 0 Å². The predicted molar refractivity (Wildman–Crippen MR) is 111 cm³/mol. The van der Waals surface area contributed by atoms with E-state index in [9.17, 15) is 17.9 Å². The van der Waals surface area contributed by atoms with Crippen LogP contribution in [0.25, 0.3) is 10.8 Å². The van der Waals surface area contributed by atoms with E-state index in [-0.39, 0.29) is 16.3 Å². The zero-order chi connectivity index (χ0) is 20.6. The molecule has 0 amide bonds. The molecule has 0 aliphatic rings. The van der Waals surface area contributed by atoms with Crippen molar-refractivity contribution in [2.24, 2.45) is 0 Å². The van der Waals surface area contributed by atoms with Crippen molar-refractivity contribution in [2.45, 2.75) is 14.9 Å². The molecule has 0 saturated carbocycles. The maximum absolute atomic E-state index is 13.7. The van der Waals surface area contributed by atoms with Crippen LogP contribution in [0.4, 0.5) is 10.1 Å². The van der Waals surface area contributed by atoms with E-state index in [0.29, 0.717) is 25.3 Å². The molecule has 0 bridgehead atoms. The summed E-state index contributed by atoms with van der Waals surface area (Å²) in [7, 11) is -4.09. The molecular weight excluding hydrogens is 483 g/mol. The van der Waals surface area contributed by atoms with Gasteiger partial charge in [0.15, 0.2) is 5.16 Å². The number of sulfonamides is 1. The minimum absolute atomic E-state index is 0.0153. The van der Waals surface area contributed by atoms with Crippen molar-refractivity contribution in [3.8, 4) is 5.75 Å². The largest absolute Gasteiger partial charge is 0.506 e. The third kappa shape index (κ3) is 4.07. The van der Waals surface area contributed by atoms with Crippen LogP contribution in [0.3, 0.4) is 0 Å². The molecule has 1 aromatic heterocycles. The fourth-order valence-corrected chi connectivity index (χ4v) is 5.26. The Labute approximate surface area is 177 Å². The number of nitrogens with zero attached hydrogens (tertiary/aromatic N) is 2. The molecule has 4 rings (SSSR count). The number of halogens is 2. The Morgan fingerprint density at radius 3 is 2.59 bits per heavy atom. The smallest absolute Gasteiger partial charge is 0.262 e. The normalized spacial score (nSPS) is 11.7. The molecule has 3 N–H and O–H groups in total. The van der Waals surface area contributed by atoms with Crippen LogP contribution in [-0.2, 0) is 10.0 Å². The lowest BCUT2D eigenvalue weighted by Crippen LogP contribution is -2.13. The maximum atomic E-state index is 13.7. The van der Waals surface area contributed by atoms with E-state index in [1.54, 1.807) is 24.3 Å². The molecule has 0 fully saturated rings. The molecule has 0 saturated heterocycles. The summed E-state index contributed by atoms with van der Waals surface area (Å²) in [5.41, 5.74) is 0.237. The van der Waals surface area contributed by atoms with Crippen LogP contribution in [0.15, 0.2) is 74.3 Å². The van der Waals surface area contributed by atoms with Crippen LogP contribution in [0.2, 0.25) is 0 Å². The monoisotopic (exact) mass is 494 g/mol. The number of hydrogen-bond donors (Lipinski definition) is 3. The van der Waals surface area contributed by atoms with Crippen LogP contribution in [0.1, 0.15) is 0 Å². The molecule has 0 spiro atoms. The van der Waals surface area contributed by atoms with Gasteiger partial charge in [-0.3, -0.25) is 9.82 Å². The Kier molecular flexibility index (Phi) is 5.19. The van der Waals surface area contributed by atoms with Gasteiger partial charge >= 0.3 is 0 Å². The van der Waals surface area contributed by atoms with Gasteiger partial charge in [0.05, 0.1) is 15.5 Å². The molecule has 0 unspecified atom stereocenters. The average Bonchev–Trinajstić information content (AvgIpc) is 3.18. The number of nitrogens with one attached hydrogen (secondary N) is 2. The average molecular weight is 495 g/mol. The number of phenolic OH excluding ortho intramolecular Hbond substituents is 1. The van der Waals surface area contributed by atoms with Crippen molar-refractivity contribution in [3.05, 3.63) is 65.1 Å². The lowest BCUT2D eigenvalue weighted by molar-refractivity contribution is 0.469. The van der Waals surface area contributed by atoms with E-state index in [4.69, 9.17) is 0 Å². The minimum Gasteiger partial charge on any atom is -0.506 e. The van der Waals surface area contributed by atoms with Crippen LogP contribution >= 0.6 is 27.7 Å². The molecule has 148 valence electrons. The Morgan fingerprint density at radius 1 is 1.14 bits per heavy atom. The molecule has 0 radical (unpaired) electrons. The standard InChI is InChI=1S/C18H12BrFN4O3S2/c19-10-5-11(20)7-12(6-10)29(26,27)24-15-8-16(28-18-21-9-22-23-18)17(25)14-4-2-1-3-13(14)15/h1-9,24-25H,(H,21,22,23). The summed E-state index contributed by atoms with van der Waals surface area (Å²) in [5.74, 6) is -0.699. The molecule has 1 heterocycles. The Bertz CT molecular complexity index is 1290. The third-order valence-corrected chi connectivity index (χ3v) is 6.70. The minimum atomic E-state index is -4.09. The van der Waals surface area contributed by atoms with Gasteiger partial charge in [0.25, 0.3) is 10.0 Å². The van der Waals surface area contributed by atoms with E-state index in [1.807, 2.05) is 0 Å². The van der Waals surface area contributed by atoms with Gasteiger partial charge in [-0.1, -0.05) is 40.2 Å². The predicted octanol–water partition coefficient (Wildman–Crippen LogP) is 4.52. The van der Waals surface area contributed by atoms with Crippen LogP contribution < -0.4 is 4.72 Å². The summed E-state index contributed by atoms with van der Waals surface area (Å²) >= 11 is 4.20. The number of H-pyrrole nitrogens is 1. The zero-order valence-electron chi connectivity index (χ0n) is 14.4. The number of fused-ring (bicyclic) bond motifs is 1. The van der Waals surface area contributed by atoms with Gasteiger partial charge in [-0.25, -0.2) is 17.8 Å². The highest BCUT2D eigenvalue weighted by Crippen LogP contribution is 2.42. The summed E-state index contributed by atoms with van der Waals surface area (Å²) < 4.78 is 42.2. The number of benzene rings is 3. The lowest BCUT2D eigenvalue weighted by Gasteiger charge is -2.14. The third-order valence-electron chi connectivity index (χ3n) is 3.97. The van der Waals surface area contributed by atoms with Crippen LogP contribution in [-0.4, -0.2) is 28.7 Å². The summed E-state index contributed by atoms with van der Waals surface area (Å²) in [6.07, 6.45) is 1.33. The summed E-state index contributed by atoms with van der Waals surface area (Å²) in [4.78, 5) is 4.15. The van der Waals surface area contributed by atoms with Crippen molar-refractivity contribution >= 4 is 54.2 Å². The topological polar surface area (TPSA) is 108 Å². The van der Waals surface area contributed by atoms with E-state index >= 15 is 0 Å². The summed E-state index contributed by atoms with van der Waals surface area (Å²) in [5, 5.41) is 18.4. The van der Waals surface area contributed by atoms with Crippen LogP contribution in [0, 0.1) is 5.82 Å². The quantitative estimate of drug-likeness (QED) is 0.352. The van der Waals surface area contributed by atoms with Crippen LogP contribution in [0.5, 0.6) is 5.75 Å². The molecule has 11 heteroatoms.